The molecule has 4 rings (SSSR count). The molecule has 0 spiro atoms. The molecule has 136 valence electrons. The van der Waals surface area contributed by atoms with Crippen molar-refractivity contribution in [2.24, 2.45) is 7.05 Å². The summed E-state index contributed by atoms with van der Waals surface area (Å²) in [5.41, 5.74) is 2.17. The van der Waals surface area contributed by atoms with E-state index < -0.39 is 0 Å². The summed E-state index contributed by atoms with van der Waals surface area (Å²) in [7, 11) is 1.71. The zero-order valence-corrected chi connectivity index (χ0v) is 14.7. The number of anilines is 1. The van der Waals surface area contributed by atoms with Crippen LogP contribution in [0.4, 0.5) is 5.82 Å². The molecule has 0 bridgehead atoms. The lowest BCUT2D eigenvalue weighted by atomic mass is 10.1. The second kappa shape index (κ2) is 7.27. The van der Waals surface area contributed by atoms with Crippen LogP contribution in [0.1, 0.15) is 5.56 Å². The van der Waals surface area contributed by atoms with Crippen LogP contribution in [0.2, 0.25) is 0 Å². The van der Waals surface area contributed by atoms with Gasteiger partial charge in [-0.25, -0.2) is 4.98 Å². The van der Waals surface area contributed by atoms with E-state index in [1.165, 1.54) is 10.1 Å². The maximum atomic E-state index is 12.0. The van der Waals surface area contributed by atoms with Crippen LogP contribution in [-0.4, -0.2) is 57.0 Å². The molecule has 26 heavy (non-hydrogen) atoms. The van der Waals surface area contributed by atoms with E-state index in [0.717, 1.165) is 30.5 Å². The van der Waals surface area contributed by atoms with Crippen LogP contribution in [0.5, 0.6) is 0 Å². The minimum atomic E-state index is -0.131. The highest BCUT2D eigenvalue weighted by Crippen LogP contribution is 2.16. The van der Waals surface area contributed by atoms with E-state index in [-0.39, 0.29) is 11.7 Å². The van der Waals surface area contributed by atoms with Crippen molar-refractivity contribution in [2.75, 3.05) is 31.6 Å². The number of aromatic amines is 1. The first-order valence-electron chi connectivity index (χ1n) is 8.70. The lowest BCUT2D eigenvalue weighted by Crippen LogP contribution is -2.45. The number of morpholine rings is 1. The molecule has 0 aliphatic carbocycles. The Balaban J connectivity index is 1.36. The van der Waals surface area contributed by atoms with Gasteiger partial charge < -0.3 is 14.6 Å². The Bertz CT molecular complexity index is 950. The maximum Gasteiger partial charge on any atom is 0.293 e. The Hall–Kier alpha value is -2.71. The normalized spacial score (nSPS) is 18.3. The van der Waals surface area contributed by atoms with Crippen molar-refractivity contribution < 1.29 is 4.74 Å². The van der Waals surface area contributed by atoms with Gasteiger partial charge in [0.15, 0.2) is 5.82 Å². The zero-order valence-electron chi connectivity index (χ0n) is 14.7. The number of ether oxygens (including phenoxy) is 1. The molecule has 3 aromatic rings. The Morgan fingerprint density at radius 3 is 3.27 bits per heavy atom. The number of aromatic nitrogens is 4. The molecular weight excluding hydrogens is 332 g/mol. The van der Waals surface area contributed by atoms with Gasteiger partial charge in [-0.05, 0) is 11.6 Å². The van der Waals surface area contributed by atoms with Crippen molar-refractivity contribution >= 4 is 16.7 Å². The summed E-state index contributed by atoms with van der Waals surface area (Å²) in [4.78, 5) is 18.5. The number of rotatable bonds is 5. The minimum absolute atomic E-state index is 0.0198. The summed E-state index contributed by atoms with van der Waals surface area (Å²) < 4.78 is 7.35. The molecule has 1 atom stereocenters. The first kappa shape index (κ1) is 16.7. The largest absolute Gasteiger partial charge is 0.374 e. The molecule has 3 heterocycles. The highest BCUT2D eigenvalue weighted by Gasteiger charge is 2.21. The van der Waals surface area contributed by atoms with Crippen LogP contribution in [0.25, 0.3) is 10.9 Å². The molecule has 1 aliphatic heterocycles. The SMILES string of the molecule is Cn1ccnc(NC[C@@H]2CN(Cc3ccc4cn[nH]c4c3)CCO2)c1=O. The number of aryl methyl sites for hydroxylation is 1. The van der Waals surface area contributed by atoms with E-state index in [2.05, 4.69) is 43.6 Å². The molecule has 1 aliphatic rings. The molecule has 8 nitrogen and oxygen atoms in total. The summed E-state index contributed by atoms with van der Waals surface area (Å²) in [6.45, 7) is 3.80. The molecule has 1 aromatic carbocycles. The predicted molar refractivity (Wildman–Crippen MR) is 99.1 cm³/mol. The van der Waals surface area contributed by atoms with Crippen molar-refractivity contribution in [3.8, 4) is 0 Å². The average Bonchev–Trinajstić information content (AvgIpc) is 3.11. The molecule has 2 aromatic heterocycles. The fourth-order valence-electron chi connectivity index (χ4n) is 3.22. The number of H-pyrrole nitrogens is 1. The molecule has 2 N–H and O–H groups in total. The van der Waals surface area contributed by atoms with Gasteiger partial charge >= 0.3 is 0 Å². The smallest absolute Gasteiger partial charge is 0.293 e. The Morgan fingerprint density at radius 1 is 1.42 bits per heavy atom. The van der Waals surface area contributed by atoms with Crippen LogP contribution in [0.15, 0.2) is 41.6 Å². The fraction of sp³-hybridized carbons (Fsp3) is 0.389. The second-order valence-electron chi connectivity index (χ2n) is 6.59. The molecule has 0 saturated carbocycles. The van der Waals surface area contributed by atoms with E-state index in [9.17, 15) is 4.79 Å². The standard InChI is InChI=1S/C18H22N6O2/c1-23-5-4-19-17(18(23)25)20-10-15-12-24(6-7-26-15)11-13-2-3-14-9-21-22-16(14)8-13/h2-5,8-9,15H,6-7,10-12H2,1H3,(H,19,20)(H,21,22)/t15-/m1/s1. The molecular formula is C18H22N6O2. The van der Waals surface area contributed by atoms with Crippen molar-refractivity contribution in [2.45, 2.75) is 12.6 Å². The van der Waals surface area contributed by atoms with E-state index >= 15 is 0 Å². The van der Waals surface area contributed by atoms with Gasteiger partial charge in [-0.15, -0.1) is 0 Å². The number of hydrogen-bond acceptors (Lipinski definition) is 6. The van der Waals surface area contributed by atoms with Crippen LogP contribution in [0, 0.1) is 0 Å². The quantitative estimate of drug-likeness (QED) is 0.710. The zero-order chi connectivity index (χ0) is 17.9. The van der Waals surface area contributed by atoms with Crippen molar-refractivity contribution in [1.29, 1.82) is 0 Å². The first-order valence-corrected chi connectivity index (χ1v) is 8.70. The van der Waals surface area contributed by atoms with Gasteiger partial charge in [0.25, 0.3) is 5.56 Å². The van der Waals surface area contributed by atoms with E-state index in [4.69, 9.17) is 4.74 Å². The predicted octanol–water partition coefficient (Wildman–Crippen LogP) is 0.969. The van der Waals surface area contributed by atoms with Crippen molar-refractivity contribution in [3.05, 3.63) is 52.7 Å². The molecule has 8 heteroatoms. The van der Waals surface area contributed by atoms with Gasteiger partial charge in [0.1, 0.15) is 0 Å². The van der Waals surface area contributed by atoms with Crippen molar-refractivity contribution in [1.82, 2.24) is 24.6 Å². The third-order valence-electron chi connectivity index (χ3n) is 4.65. The molecule has 1 saturated heterocycles. The summed E-state index contributed by atoms with van der Waals surface area (Å²) in [6.07, 6.45) is 5.11. The summed E-state index contributed by atoms with van der Waals surface area (Å²) in [6, 6.07) is 6.37. The third kappa shape index (κ3) is 3.61. The van der Waals surface area contributed by atoms with Crippen LogP contribution < -0.4 is 10.9 Å². The molecule has 1 fully saturated rings. The van der Waals surface area contributed by atoms with E-state index in [1.54, 1.807) is 19.4 Å². The van der Waals surface area contributed by atoms with E-state index in [0.29, 0.717) is 19.0 Å². The lowest BCUT2D eigenvalue weighted by Gasteiger charge is -2.33. The summed E-state index contributed by atoms with van der Waals surface area (Å²) in [5, 5.41) is 11.3. The second-order valence-corrected chi connectivity index (χ2v) is 6.59. The number of benzene rings is 1. The van der Waals surface area contributed by atoms with Gasteiger partial charge in [-0.3, -0.25) is 14.8 Å². The molecule has 0 unspecified atom stereocenters. The van der Waals surface area contributed by atoms with E-state index in [1.807, 2.05) is 6.20 Å². The monoisotopic (exact) mass is 354 g/mol. The minimum Gasteiger partial charge on any atom is -0.374 e. The number of fused-ring (bicyclic) bond motifs is 1. The number of nitrogens with zero attached hydrogens (tertiary/aromatic N) is 4. The first-order chi connectivity index (χ1) is 12.7. The van der Waals surface area contributed by atoms with Crippen LogP contribution in [0.3, 0.4) is 0 Å². The van der Waals surface area contributed by atoms with Crippen LogP contribution in [-0.2, 0) is 18.3 Å². The van der Waals surface area contributed by atoms with Crippen LogP contribution >= 0.6 is 0 Å². The molecule has 0 radical (unpaired) electrons. The van der Waals surface area contributed by atoms with Gasteiger partial charge in [0.2, 0.25) is 0 Å². The highest BCUT2D eigenvalue weighted by molar-refractivity contribution is 5.78. The Morgan fingerprint density at radius 2 is 2.35 bits per heavy atom. The molecule has 0 amide bonds. The number of nitrogens with one attached hydrogen (secondary N) is 2. The Labute approximate surface area is 150 Å². The lowest BCUT2D eigenvalue weighted by molar-refractivity contribution is -0.0240. The average molecular weight is 354 g/mol. The van der Waals surface area contributed by atoms with Gasteiger partial charge in [0.05, 0.1) is 24.4 Å². The Kier molecular flexibility index (Phi) is 4.68. The van der Waals surface area contributed by atoms with Gasteiger partial charge in [-0.1, -0.05) is 12.1 Å². The summed E-state index contributed by atoms with van der Waals surface area (Å²) in [5.74, 6) is 0.362. The highest BCUT2D eigenvalue weighted by atomic mass is 16.5. The number of hydrogen-bond donors (Lipinski definition) is 2. The summed E-state index contributed by atoms with van der Waals surface area (Å²) >= 11 is 0. The topological polar surface area (TPSA) is 88.1 Å². The van der Waals surface area contributed by atoms with Crippen molar-refractivity contribution in [3.63, 3.8) is 0 Å². The maximum absolute atomic E-state index is 12.0. The van der Waals surface area contributed by atoms with Gasteiger partial charge in [0, 0.05) is 51.0 Å². The van der Waals surface area contributed by atoms with Gasteiger partial charge in [-0.2, -0.15) is 5.10 Å². The fourth-order valence-corrected chi connectivity index (χ4v) is 3.22. The third-order valence-corrected chi connectivity index (χ3v) is 4.65.